The molecule has 0 fully saturated rings. The van der Waals surface area contributed by atoms with Crippen molar-refractivity contribution in [1.82, 2.24) is 15.6 Å². The van der Waals surface area contributed by atoms with Gasteiger partial charge in [0.05, 0.1) is 18.1 Å². The molecule has 0 radical (unpaired) electrons. The second kappa shape index (κ2) is 12.8. The smallest absolute Gasteiger partial charge is 0.379 e. The Bertz CT molecular complexity index is 1710. The number of fused-ring (bicyclic) bond motifs is 1. The first-order valence-electron chi connectivity index (χ1n) is 13.0. The summed E-state index contributed by atoms with van der Waals surface area (Å²) in [6.07, 6.45) is 0.698. The third-order valence-electron chi connectivity index (χ3n) is 6.61. The number of phenols is 1. The number of aromatic hydroxyl groups is 1. The van der Waals surface area contributed by atoms with Gasteiger partial charge in [0.2, 0.25) is 5.56 Å². The van der Waals surface area contributed by atoms with Gasteiger partial charge in [-0.1, -0.05) is 48.5 Å². The van der Waals surface area contributed by atoms with Gasteiger partial charge >= 0.3 is 6.03 Å². The lowest BCUT2D eigenvalue weighted by atomic mass is 9.98. The van der Waals surface area contributed by atoms with Crippen molar-refractivity contribution in [3.63, 3.8) is 0 Å². The monoisotopic (exact) mass is 552 g/mol. The molecule has 0 saturated heterocycles. The maximum Gasteiger partial charge on any atom is 0.379 e. The zero-order chi connectivity index (χ0) is 28.6. The number of nitroso groups, excluding NO2 is 1. The van der Waals surface area contributed by atoms with Crippen LogP contribution in [0, 0.1) is 4.91 Å². The van der Waals surface area contributed by atoms with Gasteiger partial charge in [-0.15, -0.1) is 4.91 Å². The number of benzene rings is 3. The highest BCUT2D eigenvalue weighted by atomic mass is 16.5. The maximum absolute atomic E-state index is 11.7. The Hall–Kier alpha value is -5.22. The minimum atomic E-state index is -0.949. The molecule has 5 rings (SSSR count). The van der Waals surface area contributed by atoms with Gasteiger partial charge in [-0.3, -0.25) is 4.79 Å². The van der Waals surface area contributed by atoms with Crippen molar-refractivity contribution in [2.24, 2.45) is 5.18 Å². The summed E-state index contributed by atoms with van der Waals surface area (Å²) in [6, 6.07) is 25.4. The Balaban J connectivity index is 1.16. The first kappa shape index (κ1) is 27.4. The minimum absolute atomic E-state index is 0.0458. The van der Waals surface area contributed by atoms with Gasteiger partial charge in [-0.2, -0.15) is 0 Å². The molecule has 1 unspecified atom stereocenters. The van der Waals surface area contributed by atoms with E-state index in [-0.39, 0.29) is 17.9 Å². The zero-order valence-corrected chi connectivity index (χ0v) is 22.0. The molecule has 41 heavy (non-hydrogen) atoms. The van der Waals surface area contributed by atoms with Gasteiger partial charge in [-0.05, 0) is 66.1 Å². The van der Waals surface area contributed by atoms with Gasteiger partial charge in [0.25, 0.3) is 0 Å². The van der Waals surface area contributed by atoms with Crippen molar-refractivity contribution in [3.8, 4) is 11.5 Å². The number of pyridine rings is 1. The Kier molecular flexibility index (Phi) is 8.51. The number of furan rings is 1. The van der Waals surface area contributed by atoms with Gasteiger partial charge in [0.1, 0.15) is 29.6 Å². The molecule has 1 atom stereocenters. The standard InChI is InChI=1S/C31H28N4O6/c36-27-13-9-20(26-12-14-28(37)33-30(26)27)15-16-32-18-24-10-11-25(41-24)19-40-23-8-4-7-22(17-23)29(34-31(38)35-39)21-5-2-1-3-6-21/h1-14,17,29,32,36H,15-16,18-19H2,(H,33,37)(H,34,38). The number of phenolic OH excluding ortho intramolecular Hbond substituents is 1. The van der Waals surface area contributed by atoms with Crippen LogP contribution in [0.25, 0.3) is 10.9 Å². The van der Waals surface area contributed by atoms with Crippen molar-refractivity contribution >= 4 is 16.9 Å². The number of aromatic amines is 1. The van der Waals surface area contributed by atoms with Gasteiger partial charge < -0.3 is 29.9 Å². The van der Waals surface area contributed by atoms with Crippen LogP contribution in [0.1, 0.15) is 34.3 Å². The molecule has 0 aliphatic carbocycles. The van der Waals surface area contributed by atoms with E-state index in [1.165, 1.54) is 6.07 Å². The largest absolute Gasteiger partial charge is 0.506 e. The molecule has 2 aromatic heterocycles. The summed E-state index contributed by atoms with van der Waals surface area (Å²) in [7, 11) is 0. The summed E-state index contributed by atoms with van der Waals surface area (Å²) in [6.45, 7) is 1.39. The predicted molar refractivity (Wildman–Crippen MR) is 154 cm³/mol. The van der Waals surface area contributed by atoms with E-state index in [4.69, 9.17) is 9.15 Å². The highest BCUT2D eigenvalue weighted by molar-refractivity contribution is 5.87. The molecule has 10 nitrogen and oxygen atoms in total. The summed E-state index contributed by atoms with van der Waals surface area (Å²) < 4.78 is 11.9. The lowest BCUT2D eigenvalue weighted by Crippen LogP contribution is -2.26. The second-order valence-corrected chi connectivity index (χ2v) is 9.40. The molecule has 2 heterocycles. The van der Waals surface area contributed by atoms with Crippen molar-refractivity contribution in [2.45, 2.75) is 25.6 Å². The Morgan fingerprint density at radius 3 is 2.59 bits per heavy atom. The van der Waals surface area contributed by atoms with Crippen molar-refractivity contribution in [2.75, 3.05) is 6.54 Å². The SMILES string of the molecule is O=NC(=O)NC(c1ccccc1)c1cccc(OCc2ccc(CNCCc3ccc(O)c4[nH]c(=O)ccc34)o2)c1. The minimum Gasteiger partial charge on any atom is -0.506 e. The molecule has 0 saturated carbocycles. The highest BCUT2D eigenvalue weighted by Gasteiger charge is 2.18. The van der Waals surface area contributed by atoms with E-state index >= 15 is 0 Å². The molecule has 4 N–H and O–H groups in total. The quantitative estimate of drug-likeness (QED) is 0.128. The molecule has 0 spiro atoms. The topological polar surface area (TPSA) is 146 Å². The summed E-state index contributed by atoms with van der Waals surface area (Å²) >= 11 is 0. The van der Waals surface area contributed by atoms with Crippen molar-refractivity contribution in [3.05, 3.63) is 134 Å². The average molecular weight is 553 g/mol. The number of carbonyl (C=O) groups is 1. The Morgan fingerprint density at radius 2 is 1.76 bits per heavy atom. The fraction of sp³-hybridized carbons (Fsp3) is 0.161. The maximum atomic E-state index is 11.7. The number of nitrogens with one attached hydrogen (secondary N) is 3. The number of urea groups is 1. The number of hydrogen-bond donors (Lipinski definition) is 4. The third-order valence-corrected chi connectivity index (χ3v) is 6.61. The van der Waals surface area contributed by atoms with Crippen LogP contribution in [0.15, 0.2) is 105 Å². The summed E-state index contributed by atoms with van der Waals surface area (Å²) in [5, 5.41) is 19.3. The molecule has 3 aromatic carbocycles. The molecule has 208 valence electrons. The number of hydrogen-bond acceptors (Lipinski definition) is 7. The normalized spacial score (nSPS) is 11.7. The fourth-order valence-electron chi connectivity index (χ4n) is 4.64. The molecule has 0 bridgehead atoms. The van der Waals surface area contributed by atoms with Crippen LogP contribution in [0.4, 0.5) is 4.79 Å². The average Bonchev–Trinajstić information content (AvgIpc) is 3.46. The lowest BCUT2D eigenvalue weighted by Gasteiger charge is -2.18. The third kappa shape index (κ3) is 6.87. The summed E-state index contributed by atoms with van der Waals surface area (Å²) in [5.74, 6) is 2.03. The summed E-state index contributed by atoms with van der Waals surface area (Å²) in [5.41, 5.74) is 2.73. The molecule has 5 aromatic rings. The van der Waals surface area contributed by atoms with Crippen LogP contribution in [0.5, 0.6) is 11.5 Å². The Morgan fingerprint density at radius 1 is 0.951 bits per heavy atom. The van der Waals surface area contributed by atoms with E-state index in [1.807, 2.05) is 60.7 Å². The number of amides is 2. The van der Waals surface area contributed by atoms with Crippen LogP contribution in [-0.4, -0.2) is 22.7 Å². The van der Waals surface area contributed by atoms with Gasteiger partial charge in [0.15, 0.2) is 0 Å². The number of ether oxygens (including phenoxy) is 1. The number of rotatable bonds is 11. The van der Waals surface area contributed by atoms with Crippen molar-refractivity contribution in [1.29, 1.82) is 0 Å². The molecular weight excluding hydrogens is 524 g/mol. The number of nitrogens with zero attached hydrogens (tertiary/aromatic N) is 1. The fourth-order valence-corrected chi connectivity index (χ4v) is 4.64. The van der Waals surface area contributed by atoms with Crippen LogP contribution in [-0.2, 0) is 19.6 Å². The summed E-state index contributed by atoms with van der Waals surface area (Å²) in [4.78, 5) is 36.8. The van der Waals surface area contributed by atoms with E-state index in [2.05, 4.69) is 20.8 Å². The highest BCUT2D eigenvalue weighted by Crippen LogP contribution is 2.27. The van der Waals surface area contributed by atoms with Crippen LogP contribution in [0.2, 0.25) is 0 Å². The lowest BCUT2D eigenvalue weighted by molar-refractivity contribution is 0.246. The van der Waals surface area contributed by atoms with E-state index in [1.54, 1.807) is 24.3 Å². The molecule has 0 aliphatic heterocycles. The van der Waals surface area contributed by atoms with Gasteiger partial charge in [-0.25, -0.2) is 4.79 Å². The first-order valence-corrected chi connectivity index (χ1v) is 13.0. The van der Waals surface area contributed by atoms with Crippen LogP contribution < -0.4 is 20.9 Å². The number of carbonyl (C=O) groups excluding carboxylic acids is 1. The van der Waals surface area contributed by atoms with E-state index in [9.17, 15) is 19.6 Å². The molecular formula is C31H28N4O6. The molecule has 0 aliphatic rings. The van der Waals surface area contributed by atoms with E-state index in [0.29, 0.717) is 36.5 Å². The van der Waals surface area contributed by atoms with Crippen LogP contribution in [0.3, 0.4) is 0 Å². The predicted octanol–water partition coefficient (Wildman–Crippen LogP) is 5.30. The van der Waals surface area contributed by atoms with Crippen molar-refractivity contribution < 1.29 is 19.1 Å². The number of aromatic nitrogens is 1. The van der Waals surface area contributed by atoms with Gasteiger partial charge in [0, 0.05) is 16.6 Å². The first-order chi connectivity index (χ1) is 20.0. The zero-order valence-electron chi connectivity index (χ0n) is 22.0. The molecule has 2 amide bonds. The van der Waals surface area contributed by atoms with E-state index < -0.39 is 12.1 Å². The molecule has 10 heteroatoms. The van der Waals surface area contributed by atoms with E-state index in [0.717, 1.165) is 27.8 Å². The number of H-pyrrole nitrogens is 1. The van der Waals surface area contributed by atoms with Crippen LogP contribution >= 0.6 is 0 Å². The Labute approximate surface area is 235 Å². The second-order valence-electron chi connectivity index (χ2n) is 9.40.